The monoisotopic (exact) mass is 315 g/mol. The Labute approximate surface area is 136 Å². The van der Waals surface area contributed by atoms with Crippen molar-refractivity contribution in [1.82, 2.24) is 4.98 Å². The van der Waals surface area contributed by atoms with Gasteiger partial charge in [-0.25, -0.2) is 0 Å². The summed E-state index contributed by atoms with van der Waals surface area (Å²) in [6.07, 6.45) is 1.76. The molecule has 1 fully saturated rings. The van der Waals surface area contributed by atoms with Crippen molar-refractivity contribution in [2.45, 2.75) is 38.9 Å². The molecule has 2 heterocycles. The van der Waals surface area contributed by atoms with Gasteiger partial charge in [0, 0.05) is 16.8 Å². The van der Waals surface area contributed by atoms with Gasteiger partial charge in [-0.15, -0.1) is 0 Å². The van der Waals surface area contributed by atoms with E-state index in [1.165, 1.54) is 0 Å². The van der Waals surface area contributed by atoms with Crippen LogP contribution in [0.2, 0.25) is 5.02 Å². The topological polar surface area (TPSA) is 31.4 Å². The molecule has 0 N–H and O–H groups in total. The van der Waals surface area contributed by atoms with Gasteiger partial charge < -0.3 is 9.31 Å². The van der Waals surface area contributed by atoms with Gasteiger partial charge in [0.2, 0.25) is 0 Å². The summed E-state index contributed by atoms with van der Waals surface area (Å²) in [5.74, 6) is 0. The van der Waals surface area contributed by atoms with Gasteiger partial charge in [-0.3, -0.25) is 4.98 Å². The molecular weight excluding hydrogens is 296 g/mol. The van der Waals surface area contributed by atoms with Crippen LogP contribution >= 0.6 is 11.6 Å². The van der Waals surface area contributed by atoms with Crippen LogP contribution in [0.25, 0.3) is 11.1 Å². The molecule has 0 radical (unpaired) electrons. The summed E-state index contributed by atoms with van der Waals surface area (Å²) >= 11 is 6.28. The predicted octanol–water partition coefficient (Wildman–Crippen LogP) is 3.70. The van der Waals surface area contributed by atoms with Gasteiger partial charge in [-0.05, 0) is 51.5 Å². The number of rotatable bonds is 2. The van der Waals surface area contributed by atoms with E-state index in [0.29, 0.717) is 5.02 Å². The second-order valence-electron chi connectivity index (χ2n) is 6.54. The Kier molecular flexibility index (Phi) is 3.80. The molecule has 114 valence electrons. The lowest BCUT2D eigenvalue weighted by Crippen LogP contribution is -2.41. The summed E-state index contributed by atoms with van der Waals surface area (Å²) in [6, 6.07) is 11.7. The molecule has 0 aliphatic carbocycles. The number of benzene rings is 1. The van der Waals surface area contributed by atoms with Gasteiger partial charge in [-0.2, -0.15) is 0 Å². The average molecular weight is 316 g/mol. The number of hydrogen-bond acceptors (Lipinski definition) is 3. The molecule has 0 unspecified atom stereocenters. The summed E-state index contributed by atoms with van der Waals surface area (Å²) < 4.78 is 12.1. The van der Waals surface area contributed by atoms with E-state index in [9.17, 15) is 0 Å². The number of halogens is 1. The molecule has 0 amide bonds. The molecule has 1 aromatic heterocycles. The molecule has 0 bridgehead atoms. The Balaban J connectivity index is 1.95. The van der Waals surface area contributed by atoms with E-state index in [4.69, 9.17) is 20.9 Å². The van der Waals surface area contributed by atoms with Crippen LogP contribution in [-0.4, -0.2) is 23.3 Å². The number of nitrogens with zero attached hydrogens (tertiary/aromatic N) is 1. The maximum Gasteiger partial charge on any atom is 0.514 e. The first kappa shape index (κ1) is 15.5. The van der Waals surface area contributed by atoms with Crippen LogP contribution in [0.15, 0.2) is 42.6 Å². The lowest BCUT2D eigenvalue weighted by molar-refractivity contribution is 0.00578. The maximum absolute atomic E-state index is 6.28. The molecule has 3 nitrogen and oxygen atoms in total. The van der Waals surface area contributed by atoms with Crippen LogP contribution in [0.1, 0.15) is 27.7 Å². The first-order valence-electron chi connectivity index (χ1n) is 7.37. The number of pyridine rings is 1. The van der Waals surface area contributed by atoms with Gasteiger partial charge in [0.05, 0.1) is 16.8 Å². The van der Waals surface area contributed by atoms with E-state index in [0.717, 1.165) is 16.7 Å². The summed E-state index contributed by atoms with van der Waals surface area (Å²) in [5, 5.41) is 0.716. The maximum atomic E-state index is 6.28. The molecule has 1 aromatic carbocycles. The van der Waals surface area contributed by atoms with Crippen molar-refractivity contribution in [2.24, 2.45) is 0 Å². The molecule has 1 aliphatic rings. The zero-order valence-electron chi connectivity index (χ0n) is 13.3. The van der Waals surface area contributed by atoms with Crippen LogP contribution < -0.4 is 5.59 Å². The van der Waals surface area contributed by atoms with Crippen molar-refractivity contribution in [1.29, 1.82) is 0 Å². The fraction of sp³-hybridized carbons (Fsp3) is 0.353. The van der Waals surface area contributed by atoms with E-state index in [2.05, 4.69) is 4.98 Å². The molecular formula is C17H19BClNO2. The van der Waals surface area contributed by atoms with Gasteiger partial charge in [0.25, 0.3) is 0 Å². The van der Waals surface area contributed by atoms with Crippen molar-refractivity contribution in [3.05, 3.63) is 47.6 Å². The van der Waals surface area contributed by atoms with E-state index >= 15 is 0 Å². The third-order valence-corrected chi connectivity index (χ3v) is 4.79. The standard InChI is InChI=1S/C17H19BClNO2/c1-16(2)17(3,4)22-18(21-16)15-11-12(9-10-20-15)13-7-5-6-8-14(13)19/h5-11H,1-4H3. The highest BCUT2D eigenvalue weighted by molar-refractivity contribution is 6.61. The minimum atomic E-state index is -0.465. The molecule has 0 saturated carbocycles. The Hall–Kier alpha value is -1.36. The van der Waals surface area contributed by atoms with Crippen molar-refractivity contribution in [2.75, 3.05) is 0 Å². The molecule has 22 heavy (non-hydrogen) atoms. The van der Waals surface area contributed by atoms with Crippen molar-refractivity contribution in [3.63, 3.8) is 0 Å². The minimum absolute atomic E-state index is 0.375. The minimum Gasteiger partial charge on any atom is -0.398 e. The quantitative estimate of drug-likeness (QED) is 0.792. The number of aromatic nitrogens is 1. The fourth-order valence-electron chi connectivity index (χ4n) is 2.40. The second-order valence-corrected chi connectivity index (χ2v) is 6.94. The number of hydrogen-bond donors (Lipinski definition) is 0. The zero-order valence-corrected chi connectivity index (χ0v) is 14.0. The average Bonchev–Trinajstić information content (AvgIpc) is 2.68. The predicted molar refractivity (Wildman–Crippen MR) is 90.4 cm³/mol. The molecule has 5 heteroatoms. The first-order valence-corrected chi connectivity index (χ1v) is 7.74. The van der Waals surface area contributed by atoms with E-state index < -0.39 is 7.12 Å². The van der Waals surface area contributed by atoms with Gasteiger partial charge in [-0.1, -0.05) is 29.8 Å². The normalized spacial score (nSPS) is 19.4. The molecule has 2 aromatic rings. The van der Waals surface area contributed by atoms with E-state index in [-0.39, 0.29) is 11.2 Å². The Morgan fingerprint density at radius 2 is 1.64 bits per heavy atom. The Morgan fingerprint density at radius 1 is 1.00 bits per heavy atom. The lowest BCUT2D eigenvalue weighted by atomic mass is 9.83. The van der Waals surface area contributed by atoms with Crippen molar-refractivity contribution in [3.8, 4) is 11.1 Å². The van der Waals surface area contributed by atoms with E-state index in [1.807, 2.05) is 64.1 Å². The van der Waals surface area contributed by atoms with Crippen molar-refractivity contribution >= 4 is 24.3 Å². The van der Waals surface area contributed by atoms with Gasteiger partial charge >= 0.3 is 7.12 Å². The summed E-state index contributed by atoms with van der Waals surface area (Å²) in [5.41, 5.74) is 1.99. The Morgan fingerprint density at radius 3 is 2.27 bits per heavy atom. The third kappa shape index (κ3) is 2.67. The molecule has 1 saturated heterocycles. The molecule has 3 rings (SSSR count). The summed E-state index contributed by atoms with van der Waals surface area (Å²) in [4.78, 5) is 4.41. The highest BCUT2D eigenvalue weighted by atomic mass is 35.5. The molecule has 0 spiro atoms. The first-order chi connectivity index (χ1) is 10.3. The van der Waals surface area contributed by atoms with Crippen LogP contribution in [-0.2, 0) is 9.31 Å². The fourth-order valence-corrected chi connectivity index (χ4v) is 2.65. The zero-order chi connectivity index (χ0) is 16.0. The third-order valence-electron chi connectivity index (χ3n) is 4.46. The summed E-state index contributed by atoms with van der Waals surface area (Å²) in [7, 11) is -0.465. The highest BCUT2D eigenvalue weighted by Gasteiger charge is 2.52. The smallest absolute Gasteiger partial charge is 0.398 e. The largest absolute Gasteiger partial charge is 0.514 e. The Bertz CT molecular complexity index is 687. The summed E-state index contributed by atoms with van der Waals surface area (Å²) in [6.45, 7) is 8.13. The van der Waals surface area contributed by atoms with Crippen LogP contribution in [0.5, 0.6) is 0 Å². The SMILES string of the molecule is CC1(C)OB(c2cc(-c3ccccc3Cl)ccn2)OC1(C)C. The lowest BCUT2D eigenvalue weighted by Gasteiger charge is -2.32. The molecule has 0 atom stereocenters. The molecule has 1 aliphatic heterocycles. The van der Waals surface area contributed by atoms with Crippen LogP contribution in [0, 0.1) is 0 Å². The van der Waals surface area contributed by atoms with Gasteiger partial charge in [0.1, 0.15) is 0 Å². The van der Waals surface area contributed by atoms with E-state index in [1.54, 1.807) is 6.20 Å². The van der Waals surface area contributed by atoms with Crippen molar-refractivity contribution < 1.29 is 9.31 Å². The van der Waals surface area contributed by atoms with Gasteiger partial charge in [0.15, 0.2) is 0 Å². The second kappa shape index (κ2) is 5.37. The van der Waals surface area contributed by atoms with Crippen LogP contribution in [0.3, 0.4) is 0 Å². The highest BCUT2D eigenvalue weighted by Crippen LogP contribution is 2.36. The van der Waals surface area contributed by atoms with Crippen LogP contribution in [0.4, 0.5) is 0 Å².